The Bertz CT molecular complexity index is 1070. The Balaban J connectivity index is 1.79. The van der Waals surface area contributed by atoms with Crippen LogP contribution < -0.4 is 9.62 Å². The van der Waals surface area contributed by atoms with Crippen LogP contribution in [0.1, 0.15) is 31.9 Å². The number of sulfonamides is 1. The van der Waals surface area contributed by atoms with Gasteiger partial charge in [0.25, 0.3) is 0 Å². The number of carbonyl (C=O) groups excluding carboxylic acids is 2. The molecule has 0 fully saturated rings. The van der Waals surface area contributed by atoms with E-state index in [1.807, 2.05) is 44.2 Å². The quantitative estimate of drug-likeness (QED) is 0.713. The van der Waals surface area contributed by atoms with Gasteiger partial charge in [0.2, 0.25) is 21.8 Å². The van der Waals surface area contributed by atoms with Gasteiger partial charge < -0.3 is 9.80 Å². The molecule has 1 N–H and O–H groups in total. The molecule has 0 bridgehead atoms. The molecule has 7 nitrogen and oxygen atoms in total. The van der Waals surface area contributed by atoms with Gasteiger partial charge in [0, 0.05) is 32.7 Å². The summed E-state index contributed by atoms with van der Waals surface area (Å²) in [6.45, 7) is 6.05. The molecule has 0 aliphatic carbocycles. The van der Waals surface area contributed by atoms with E-state index in [1.54, 1.807) is 24.1 Å². The highest BCUT2D eigenvalue weighted by Crippen LogP contribution is 2.30. The van der Waals surface area contributed by atoms with Crippen LogP contribution >= 0.6 is 0 Å². The number of fused-ring (bicyclic) bond motifs is 1. The molecule has 2 amide bonds. The predicted octanol–water partition coefficient (Wildman–Crippen LogP) is 2.56. The van der Waals surface area contributed by atoms with E-state index in [9.17, 15) is 18.0 Å². The molecule has 0 saturated heterocycles. The zero-order valence-corrected chi connectivity index (χ0v) is 19.1. The van der Waals surface area contributed by atoms with Gasteiger partial charge in [0.15, 0.2) is 0 Å². The van der Waals surface area contributed by atoms with Crippen LogP contribution in [0.3, 0.4) is 0 Å². The van der Waals surface area contributed by atoms with E-state index in [-0.39, 0.29) is 22.6 Å². The lowest BCUT2D eigenvalue weighted by atomic mass is 10.0. The zero-order valence-electron chi connectivity index (χ0n) is 18.3. The maximum absolute atomic E-state index is 13.1. The third-order valence-electron chi connectivity index (χ3n) is 5.49. The fourth-order valence-electron chi connectivity index (χ4n) is 3.75. The molecule has 31 heavy (non-hydrogen) atoms. The molecule has 1 aliphatic heterocycles. The average Bonchev–Trinajstić information content (AvgIpc) is 3.15. The molecule has 0 saturated carbocycles. The number of rotatable bonds is 7. The van der Waals surface area contributed by atoms with E-state index < -0.39 is 16.1 Å². The molecule has 8 heteroatoms. The van der Waals surface area contributed by atoms with Crippen LogP contribution in [0.15, 0.2) is 53.4 Å². The van der Waals surface area contributed by atoms with Gasteiger partial charge in [-0.05, 0) is 41.7 Å². The number of nitrogens with zero attached hydrogens (tertiary/aromatic N) is 2. The molecular formula is C23H29N3O4S. The lowest BCUT2D eigenvalue weighted by Crippen LogP contribution is -2.49. The van der Waals surface area contributed by atoms with Crippen molar-refractivity contribution in [1.82, 2.24) is 9.62 Å². The number of hydrogen-bond acceptors (Lipinski definition) is 4. The topological polar surface area (TPSA) is 86.8 Å². The summed E-state index contributed by atoms with van der Waals surface area (Å²) in [5.41, 5.74) is 2.52. The van der Waals surface area contributed by atoms with Gasteiger partial charge in [-0.3, -0.25) is 9.59 Å². The first kappa shape index (κ1) is 23.0. The van der Waals surface area contributed by atoms with Gasteiger partial charge in [-0.2, -0.15) is 4.72 Å². The van der Waals surface area contributed by atoms with Crippen LogP contribution in [0.5, 0.6) is 0 Å². The molecule has 1 atom stereocenters. The molecule has 1 unspecified atom stereocenters. The fraction of sp³-hybridized carbons (Fsp3) is 0.391. The summed E-state index contributed by atoms with van der Waals surface area (Å²) in [4.78, 5) is 28.1. The number of anilines is 1. The van der Waals surface area contributed by atoms with Crippen molar-refractivity contribution in [3.63, 3.8) is 0 Å². The molecule has 1 aliphatic rings. The third kappa shape index (κ3) is 5.14. The number of benzene rings is 2. The summed E-state index contributed by atoms with van der Waals surface area (Å²) in [7, 11) is -2.24. The normalized spacial score (nSPS) is 14.4. The van der Waals surface area contributed by atoms with Crippen molar-refractivity contribution in [1.29, 1.82) is 0 Å². The maximum Gasteiger partial charge on any atom is 0.241 e. The van der Waals surface area contributed by atoms with Gasteiger partial charge >= 0.3 is 0 Å². The molecule has 2 aromatic carbocycles. The SMILES string of the molecule is CC(=O)N1CCc2cc(S(=O)(=O)NC(C(=O)N(C)Cc3ccccc3)C(C)C)ccc21. The van der Waals surface area contributed by atoms with E-state index in [2.05, 4.69) is 4.72 Å². The van der Waals surface area contributed by atoms with Crippen LogP contribution in [0, 0.1) is 5.92 Å². The first-order valence-electron chi connectivity index (χ1n) is 10.3. The van der Waals surface area contributed by atoms with Gasteiger partial charge in [-0.1, -0.05) is 44.2 Å². The van der Waals surface area contributed by atoms with Crippen LogP contribution in [0.25, 0.3) is 0 Å². The van der Waals surface area contributed by atoms with E-state index in [1.165, 1.54) is 17.9 Å². The largest absolute Gasteiger partial charge is 0.340 e. The van der Waals surface area contributed by atoms with Gasteiger partial charge in [0.05, 0.1) is 4.90 Å². The molecule has 1 heterocycles. The minimum atomic E-state index is -3.92. The highest BCUT2D eigenvalue weighted by molar-refractivity contribution is 7.89. The molecule has 166 valence electrons. The number of carbonyl (C=O) groups is 2. The van der Waals surface area contributed by atoms with Crippen LogP contribution in [-0.2, 0) is 32.6 Å². The first-order valence-corrected chi connectivity index (χ1v) is 11.8. The first-order chi connectivity index (χ1) is 14.6. The van der Waals surface area contributed by atoms with Crippen molar-refractivity contribution >= 4 is 27.5 Å². The number of nitrogens with one attached hydrogen (secondary N) is 1. The molecular weight excluding hydrogens is 414 g/mol. The van der Waals surface area contributed by atoms with Crippen molar-refractivity contribution in [2.24, 2.45) is 5.92 Å². The van der Waals surface area contributed by atoms with Gasteiger partial charge in [0.1, 0.15) is 6.04 Å². The molecule has 3 rings (SSSR count). The monoisotopic (exact) mass is 443 g/mol. The van der Waals surface area contributed by atoms with Crippen molar-refractivity contribution in [3.05, 3.63) is 59.7 Å². The van der Waals surface area contributed by atoms with Crippen molar-refractivity contribution in [2.45, 2.75) is 44.7 Å². The Morgan fingerprint density at radius 3 is 2.42 bits per heavy atom. The predicted molar refractivity (Wildman–Crippen MR) is 120 cm³/mol. The minimum absolute atomic E-state index is 0.0700. The highest BCUT2D eigenvalue weighted by atomic mass is 32.2. The summed E-state index contributed by atoms with van der Waals surface area (Å²) >= 11 is 0. The van der Waals surface area contributed by atoms with Gasteiger partial charge in [-0.15, -0.1) is 0 Å². The average molecular weight is 444 g/mol. The molecule has 0 aromatic heterocycles. The molecule has 0 radical (unpaired) electrons. The van der Waals surface area contributed by atoms with Crippen molar-refractivity contribution in [3.8, 4) is 0 Å². The second kappa shape index (κ2) is 9.20. The van der Waals surface area contributed by atoms with Gasteiger partial charge in [-0.25, -0.2) is 8.42 Å². The smallest absolute Gasteiger partial charge is 0.241 e. The Hall–Kier alpha value is -2.71. The molecule has 2 aromatic rings. The van der Waals surface area contributed by atoms with E-state index in [0.29, 0.717) is 19.5 Å². The van der Waals surface area contributed by atoms with Crippen LogP contribution in [0.4, 0.5) is 5.69 Å². The minimum Gasteiger partial charge on any atom is -0.340 e. The molecule has 0 spiro atoms. The zero-order chi connectivity index (χ0) is 22.8. The second-order valence-corrected chi connectivity index (χ2v) is 9.95. The van der Waals surface area contributed by atoms with Crippen LogP contribution in [-0.4, -0.2) is 44.8 Å². The Morgan fingerprint density at radius 1 is 1.13 bits per heavy atom. The van der Waals surface area contributed by atoms with E-state index in [0.717, 1.165) is 16.8 Å². The third-order valence-corrected chi connectivity index (χ3v) is 6.93. The number of amides is 2. The highest BCUT2D eigenvalue weighted by Gasteiger charge is 2.31. The lowest BCUT2D eigenvalue weighted by Gasteiger charge is -2.27. The second-order valence-electron chi connectivity index (χ2n) is 8.23. The summed E-state index contributed by atoms with van der Waals surface area (Å²) in [5.74, 6) is -0.589. The summed E-state index contributed by atoms with van der Waals surface area (Å²) in [6, 6.07) is 13.4. The standard InChI is InChI=1S/C23H29N3O4S/c1-16(2)22(23(28)25(4)15-18-8-6-5-7-9-18)24-31(29,30)20-10-11-21-19(14-20)12-13-26(21)17(3)27/h5-11,14,16,22,24H,12-13,15H2,1-4H3. The van der Waals surface area contributed by atoms with Crippen molar-refractivity contribution < 1.29 is 18.0 Å². The number of hydrogen-bond donors (Lipinski definition) is 1. The lowest BCUT2D eigenvalue weighted by molar-refractivity contribution is -0.133. The summed E-state index contributed by atoms with van der Waals surface area (Å²) in [6.07, 6.45) is 0.602. The number of likely N-dealkylation sites (N-methyl/N-ethyl adjacent to an activating group) is 1. The fourth-order valence-corrected chi connectivity index (χ4v) is 5.14. The van der Waals surface area contributed by atoms with Crippen LogP contribution in [0.2, 0.25) is 0 Å². The van der Waals surface area contributed by atoms with E-state index >= 15 is 0 Å². The Morgan fingerprint density at radius 2 is 1.81 bits per heavy atom. The van der Waals surface area contributed by atoms with E-state index in [4.69, 9.17) is 0 Å². The Labute approximate surface area is 184 Å². The van der Waals surface area contributed by atoms with Crippen molar-refractivity contribution in [2.75, 3.05) is 18.5 Å². The maximum atomic E-state index is 13.1. The Kier molecular flexibility index (Phi) is 6.81. The summed E-state index contributed by atoms with van der Waals surface area (Å²) < 4.78 is 28.8. The summed E-state index contributed by atoms with van der Waals surface area (Å²) in [5, 5.41) is 0.